The van der Waals surface area contributed by atoms with Crippen molar-refractivity contribution >= 4 is 29.5 Å². The first-order chi connectivity index (χ1) is 15.4. The Balaban J connectivity index is 1.55. The smallest absolute Gasteiger partial charge is 0.309 e. The van der Waals surface area contributed by atoms with Crippen LogP contribution in [-0.4, -0.2) is 71.0 Å². The second kappa shape index (κ2) is 11.1. The summed E-state index contributed by atoms with van der Waals surface area (Å²) in [7, 11) is 1.61. The number of aromatic nitrogens is 2. The van der Waals surface area contributed by atoms with Crippen LogP contribution in [0.25, 0.3) is 0 Å². The van der Waals surface area contributed by atoms with Gasteiger partial charge in [0.15, 0.2) is 0 Å². The average Bonchev–Trinajstić information content (AvgIpc) is 3.22. The van der Waals surface area contributed by atoms with Crippen LogP contribution in [0.2, 0.25) is 0 Å². The monoisotopic (exact) mass is 460 g/mol. The number of amides is 2. The molecule has 0 atom stereocenters. The number of ether oxygens (including phenoxy) is 1. The number of esters is 1. The Morgan fingerprint density at radius 2 is 2.06 bits per heavy atom. The minimum atomic E-state index is -0.272. The molecule has 3 rings (SSSR count). The molecule has 2 amide bonds. The Hall–Kier alpha value is -2.88. The van der Waals surface area contributed by atoms with Crippen molar-refractivity contribution in [2.75, 3.05) is 33.3 Å². The van der Waals surface area contributed by atoms with E-state index in [0.29, 0.717) is 48.9 Å². The quantitative estimate of drug-likeness (QED) is 0.437. The molecule has 1 aliphatic rings. The lowest BCUT2D eigenvalue weighted by Gasteiger charge is -2.32. The van der Waals surface area contributed by atoms with Crippen molar-refractivity contribution in [1.82, 2.24) is 19.9 Å². The fourth-order valence-corrected chi connectivity index (χ4v) is 4.37. The molecule has 0 saturated carbocycles. The second-order valence-electron chi connectivity index (χ2n) is 7.64. The van der Waals surface area contributed by atoms with Crippen molar-refractivity contribution in [3.63, 3.8) is 0 Å². The number of likely N-dealkylation sites (N-methyl/N-ethyl adjacent to an activating group) is 1. The number of pyridine rings is 1. The van der Waals surface area contributed by atoms with E-state index in [1.165, 1.54) is 16.7 Å². The van der Waals surface area contributed by atoms with Crippen molar-refractivity contribution in [3.8, 4) is 0 Å². The molecular weight excluding hydrogens is 432 g/mol. The van der Waals surface area contributed by atoms with Crippen molar-refractivity contribution < 1.29 is 23.6 Å². The third kappa shape index (κ3) is 6.09. The van der Waals surface area contributed by atoms with Crippen LogP contribution < -0.4 is 0 Å². The molecule has 1 aliphatic heterocycles. The van der Waals surface area contributed by atoms with Gasteiger partial charge in [0, 0.05) is 38.2 Å². The second-order valence-corrected chi connectivity index (χ2v) is 8.61. The molecular formula is C22H28N4O5S. The summed E-state index contributed by atoms with van der Waals surface area (Å²) >= 11 is 1.39. The minimum Gasteiger partial charge on any atom is -0.466 e. The van der Waals surface area contributed by atoms with E-state index in [0.717, 1.165) is 11.5 Å². The van der Waals surface area contributed by atoms with Gasteiger partial charge in [-0.1, -0.05) is 16.9 Å². The normalized spacial score (nSPS) is 14.3. The van der Waals surface area contributed by atoms with Gasteiger partial charge in [-0.2, -0.15) is 0 Å². The number of thioether (sulfide) groups is 1. The molecule has 1 fully saturated rings. The van der Waals surface area contributed by atoms with Gasteiger partial charge in [0.1, 0.15) is 10.8 Å². The Morgan fingerprint density at radius 1 is 1.31 bits per heavy atom. The average molecular weight is 461 g/mol. The van der Waals surface area contributed by atoms with Crippen LogP contribution in [0.15, 0.2) is 33.9 Å². The van der Waals surface area contributed by atoms with Crippen molar-refractivity contribution in [2.24, 2.45) is 5.92 Å². The van der Waals surface area contributed by atoms with Crippen molar-refractivity contribution in [2.45, 2.75) is 37.5 Å². The largest absolute Gasteiger partial charge is 0.466 e. The maximum absolute atomic E-state index is 13.0. The predicted octanol–water partition coefficient (Wildman–Crippen LogP) is 2.54. The van der Waals surface area contributed by atoms with E-state index in [4.69, 9.17) is 9.26 Å². The van der Waals surface area contributed by atoms with Gasteiger partial charge < -0.3 is 19.1 Å². The van der Waals surface area contributed by atoms with E-state index >= 15 is 0 Å². The van der Waals surface area contributed by atoms with Gasteiger partial charge in [-0.15, -0.1) is 0 Å². The highest BCUT2D eigenvalue weighted by molar-refractivity contribution is 7.98. The Kier molecular flexibility index (Phi) is 8.26. The SMILES string of the molecule is CCOC(=O)C1CCN(C(=O)CN(C)C(=O)c2cccnc2SCc2cc(C)on2)CC1. The molecule has 32 heavy (non-hydrogen) atoms. The molecule has 172 valence electrons. The minimum absolute atomic E-state index is 0.0373. The maximum atomic E-state index is 13.0. The van der Waals surface area contributed by atoms with E-state index in [-0.39, 0.29) is 30.2 Å². The lowest BCUT2D eigenvalue weighted by atomic mass is 9.97. The molecule has 0 unspecified atom stereocenters. The molecule has 0 spiro atoms. The first kappa shape index (κ1) is 23.8. The van der Waals surface area contributed by atoms with E-state index in [1.54, 1.807) is 37.2 Å². The zero-order valence-corrected chi connectivity index (χ0v) is 19.4. The van der Waals surface area contributed by atoms with Crippen LogP contribution in [0.5, 0.6) is 0 Å². The lowest BCUT2D eigenvalue weighted by Crippen LogP contribution is -2.45. The number of likely N-dealkylation sites (tertiary alicyclic amines) is 1. The number of hydrogen-bond donors (Lipinski definition) is 0. The van der Waals surface area contributed by atoms with Crippen LogP contribution in [0.3, 0.4) is 0 Å². The van der Waals surface area contributed by atoms with E-state index < -0.39 is 0 Å². The van der Waals surface area contributed by atoms with Crippen LogP contribution in [0.4, 0.5) is 0 Å². The molecule has 0 aliphatic carbocycles. The maximum Gasteiger partial charge on any atom is 0.309 e. The number of nitrogens with zero attached hydrogens (tertiary/aromatic N) is 4. The molecule has 0 radical (unpaired) electrons. The zero-order valence-electron chi connectivity index (χ0n) is 18.6. The highest BCUT2D eigenvalue weighted by Crippen LogP contribution is 2.25. The van der Waals surface area contributed by atoms with Gasteiger partial charge in [-0.25, -0.2) is 4.98 Å². The molecule has 2 aromatic rings. The van der Waals surface area contributed by atoms with Gasteiger partial charge in [-0.3, -0.25) is 14.4 Å². The molecule has 0 aromatic carbocycles. The summed E-state index contributed by atoms with van der Waals surface area (Å²) in [4.78, 5) is 45.1. The van der Waals surface area contributed by atoms with Crippen LogP contribution in [0.1, 0.15) is 41.6 Å². The third-order valence-corrected chi connectivity index (χ3v) is 6.26. The molecule has 10 heteroatoms. The van der Waals surface area contributed by atoms with Gasteiger partial charge in [0.05, 0.1) is 30.3 Å². The number of carbonyl (C=O) groups excluding carboxylic acids is 3. The van der Waals surface area contributed by atoms with Gasteiger partial charge in [0.25, 0.3) is 5.91 Å². The third-order valence-electron chi connectivity index (χ3n) is 5.22. The lowest BCUT2D eigenvalue weighted by molar-refractivity contribution is -0.151. The first-order valence-corrected chi connectivity index (χ1v) is 11.6. The van der Waals surface area contributed by atoms with Crippen LogP contribution >= 0.6 is 11.8 Å². The molecule has 3 heterocycles. The molecule has 1 saturated heterocycles. The van der Waals surface area contributed by atoms with Crippen molar-refractivity contribution in [3.05, 3.63) is 41.4 Å². The Bertz CT molecular complexity index is 955. The van der Waals surface area contributed by atoms with Gasteiger partial charge in [-0.05, 0) is 38.8 Å². The summed E-state index contributed by atoms with van der Waals surface area (Å²) in [5, 5.41) is 4.54. The molecule has 0 bridgehead atoms. The van der Waals surface area contributed by atoms with Gasteiger partial charge >= 0.3 is 5.97 Å². The number of carbonyl (C=O) groups is 3. The number of aryl methyl sites for hydroxylation is 1. The summed E-state index contributed by atoms with van der Waals surface area (Å²) in [5.74, 6) is 0.469. The summed E-state index contributed by atoms with van der Waals surface area (Å²) in [6.07, 6.45) is 2.78. The highest BCUT2D eigenvalue weighted by atomic mass is 32.2. The molecule has 2 aromatic heterocycles. The number of piperidine rings is 1. The fraction of sp³-hybridized carbons (Fsp3) is 0.500. The fourth-order valence-electron chi connectivity index (χ4n) is 3.50. The summed E-state index contributed by atoms with van der Waals surface area (Å²) in [5.41, 5.74) is 1.21. The summed E-state index contributed by atoms with van der Waals surface area (Å²) < 4.78 is 10.1. The van der Waals surface area contributed by atoms with Crippen LogP contribution in [-0.2, 0) is 20.1 Å². The highest BCUT2D eigenvalue weighted by Gasteiger charge is 2.29. The topological polar surface area (TPSA) is 106 Å². The van der Waals surface area contributed by atoms with Crippen LogP contribution in [0, 0.1) is 12.8 Å². The summed E-state index contributed by atoms with van der Waals surface area (Å²) in [6.45, 7) is 4.89. The van der Waals surface area contributed by atoms with E-state index in [1.807, 2.05) is 13.0 Å². The Labute approximate surface area is 191 Å². The first-order valence-electron chi connectivity index (χ1n) is 10.6. The van der Waals surface area contributed by atoms with Crippen molar-refractivity contribution in [1.29, 1.82) is 0 Å². The summed E-state index contributed by atoms with van der Waals surface area (Å²) in [6, 6.07) is 5.25. The number of rotatable bonds is 8. The Morgan fingerprint density at radius 3 is 2.72 bits per heavy atom. The van der Waals surface area contributed by atoms with E-state index in [9.17, 15) is 14.4 Å². The molecule has 0 N–H and O–H groups in total. The van der Waals surface area contributed by atoms with E-state index in [2.05, 4.69) is 10.1 Å². The number of hydrogen-bond acceptors (Lipinski definition) is 8. The van der Waals surface area contributed by atoms with Gasteiger partial charge in [0.2, 0.25) is 5.91 Å². The standard InChI is InChI=1S/C22H28N4O5S/c1-4-30-22(29)16-7-10-26(11-8-16)19(27)13-25(3)21(28)18-6-5-9-23-20(18)32-14-17-12-15(2)31-24-17/h5-6,9,12,16H,4,7-8,10-11,13-14H2,1-3H3. The predicted molar refractivity (Wildman–Crippen MR) is 118 cm³/mol. The molecule has 9 nitrogen and oxygen atoms in total. The zero-order chi connectivity index (χ0) is 23.1.